The SMILES string of the molecule is C1=C\COc2ccc(-c3c(N(c4ccccc4)c4ccccc4)ccc4ccccc34)cc2C\C=C/1. The molecule has 0 atom stereocenters. The molecular formula is C34H27NO. The molecule has 0 fully saturated rings. The summed E-state index contributed by atoms with van der Waals surface area (Å²) in [5.41, 5.74) is 6.98. The number of ether oxygens (including phenoxy) is 1. The highest BCUT2D eigenvalue weighted by Gasteiger charge is 2.20. The quantitative estimate of drug-likeness (QED) is 0.262. The third kappa shape index (κ3) is 4.30. The van der Waals surface area contributed by atoms with Crippen LogP contribution in [0.4, 0.5) is 17.1 Å². The molecule has 0 amide bonds. The number of hydrogen-bond acceptors (Lipinski definition) is 2. The second-order valence-electron chi connectivity index (χ2n) is 8.88. The van der Waals surface area contributed by atoms with Crippen molar-refractivity contribution in [3.63, 3.8) is 0 Å². The number of anilines is 3. The van der Waals surface area contributed by atoms with Gasteiger partial charge in [0.1, 0.15) is 12.4 Å². The summed E-state index contributed by atoms with van der Waals surface area (Å²) in [5.74, 6) is 0.944. The summed E-state index contributed by atoms with van der Waals surface area (Å²) in [7, 11) is 0. The maximum absolute atomic E-state index is 6.07. The van der Waals surface area contributed by atoms with Crippen LogP contribution in [0.5, 0.6) is 5.75 Å². The van der Waals surface area contributed by atoms with E-state index in [0.717, 1.165) is 29.2 Å². The molecule has 174 valence electrons. The molecule has 0 radical (unpaired) electrons. The van der Waals surface area contributed by atoms with Crippen LogP contribution in [0.3, 0.4) is 0 Å². The van der Waals surface area contributed by atoms with Crippen LogP contribution in [0.2, 0.25) is 0 Å². The second kappa shape index (κ2) is 9.97. The molecule has 1 heterocycles. The Balaban J connectivity index is 1.61. The summed E-state index contributed by atoms with van der Waals surface area (Å²) in [6, 6.07) is 40.9. The number of allylic oxidation sites excluding steroid dienone is 3. The fraction of sp³-hybridized carbons (Fsp3) is 0.0588. The Morgan fingerprint density at radius 3 is 2.08 bits per heavy atom. The molecule has 36 heavy (non-hydrogen) atoms. The highest BCUT2D eigenvalue weighted by molar-refractivity contribution is 6.05. The van der Waals surface area contributed by atoms with Crippen molar-refractivity contribution < 1.29 is 4.74 Å². The zero-order valence-corrected chi connectivity index (χ0v) is 20.0. The Hall–Kier alpha value is -4.56. The number of para-hydroxylation sites is 2. The van der Waals surface area contributed by atoms with Gasteiger partial charge in [0.25, 0.3) is 0 Å². The van der Waals surface area contributed by atoms with Crippen LogP contribution in [-0.2, 0) is 6.42 Å². The Morgan fingerprint density at radius 1 is 0.611 bits per heavy atom. The highest BCUT2D eigenvalue weighted by Crippen LogP contribution is 2.44. The van der Waals surface area contributed by atoms with Crippen LogP contribution >= 0.6 is 0 Å². The molecule has 0 aromatic heterocycles. The van der Waals surface area contributed by atoms with E-state index in [2.05, 4.69) is 132 Å². The first-order chi connectivity index (χ1) is 17.9. The molecule has 0 unspecified atom stereocenters. The molecule has 0 aliphatic carbocycles. The fourth-order valence-electron chi connectivity index (χ4n) is 4.91. The molecule has 2 heteroatoms. The van der Waals surface area contributed by atoms with E-state index in [1.165, 1.54) is 27.5 Å². The summed E-state index contributed by atoms with van der Waals surface area (Å²) in [6.45, 7) is 0.575. The lowest BCUT2D eigenvalue weighted by Crippen LogP contribution is -2.11. The van der Waals surface area contributed by atoms with Crippen molar-refractivity contribution in [2.75, 3.05) is 11.5 Å². The van der Waals surface area contributed by atoms with Crippen LogP contribution in [0.15, 0.2) is 140 Å². The van der Waals surface area contributed by atoms with Gasteiger partial charge in [0.15, 0.2) is 0 Å². The molecule has 0 spiro atoms. The minimum absolute atomic E-state index is 0.575. The predicted octanol–water partition coefficient (Wildman–Crippen LogP) is 9.02. The minimum Gasteiger partial charge on any atom is -0.489 e. The summed E-state index contributed by atoms with van der Waals surface area (Å²) in [5, 5.41) is 2.45. The molecule has 5 aromatic rings. The lowest BCUT2D eigenvalue weighted by atomic mass is 9.93. The van der Waals surface area contributed by atoms with Gasteiger partial charge >= 0.3 is 0 Å². The Morgan fingerprint density at radius 2 is 1.31 bits per heavy atom. The van der Waals surface area contributed by atoms with Crippen LogP contribution in [0.25, 0.3) is 21.9 Å². The van der Waals surface area contributed by atoms with Crippen molar-refractivity contribution in [2.24, 2.45) is 0 Å². The van der Waals surface area contributed by atoms with Gasteiger partial charge in [-0.25, -0.2) is 0 Å². The predicted molar refractivity (Wildman–Crippen MR) is 152 cm³/mol. The van der Waals surface area contributed by atoms with Crippen LogP contribution in [-0.4, -0.2) is 6.61 Å². The van der Waals surface area contributed by atoms with Gasteiger partial charge in [-0.05, 0) is 76.9 Å². The molecule has 0 saturated carbocycles. The average molecular weight is 466 g/mol. The van der Waals surface area contributed by atoms with Crippen LogP contribution in [0, 0.1) is 0 Å². The first-order valence-corrected chi connectivity index (χ1v) is 12.4. The molecule has 2 nitrogen and oxygen atoms in total. The lowest BCUT2D eigenvalue weighted by molar-refractivity contribution is 0.360. The number of nitrogens with zero attached hydrogens (tertiary/aromatic N) is 1. The monoisotopic (exact) mass is 465 g/mol. The molecule has 6 rings (SSSR count). The molecule has 0 bridgehead atoms. The van der Waals surface area contributed by atoms with Crippen molar-refractivity contribution in [1.29, 1.82) is 0 Å². The topological polar surface area (TPSA) is 12.5 Å². The normalized spacial score (nSPS) is 14.6. The number of benzene rings is 5. The smallest absolute Gasteiger partial charge is 0.123 e. The number of hydrogen-bond donors (Lipinski definition) is 0. The third-order valence-corrected chi connectivity index (χ3v) is 6.58. The van der Waals surface area contributed by atoms with E-state index < -0.39 is 0 Å². The summed E-state index contributed by atoms with van der Waals surface area (Å²) in [4.78, 5) is 2.35. The van der Waals surface area contributed by atoms with Crippen LogP contribution in [0.1, 0.15) is 5.56 Å². The first-order valence-electron chi connectivity index (χ1n) is 12.4. The fourth-order valence-corrected chi connectivity index (χ4v) is 4.91. The molecule has 1 aliphatic rings. The summed E-state index contributed by atoms with van der Waals surface area (Å²) < 4.78 is 6.07. The van der Waals surface area contributed by atoms with E-state index in [4.69, 9.17) is 4.74 Å². The number of rotatable bonds is 4. The standard InChI is InChI=1S/C34H27NO/c1-2-12-24-36-33-23-21-28(25-27(33)14-5-1)34-31-19-11-10-13-26(31)20-22-32(34)35(29-15-6-3-7-16-29)30-17-8-4-9-18-30/h1-13,15-23,25H,14,24H2/b5-1-,12-2-. The van der Waals surface area contributed by atoms with Gasteiger partial charge in [-0.3, -0.25) is 0 Å². The zero-order valence-electron chi connectivity index (χ0n) is 20.0. The van der Waals surface area contributed by atoms with Crippen molar-refractivity contribution in [3.8, 4) is 16.9 Å². The van der Waals surface area contributed by atoms with Gasteiger partial charge in [0.05, 0.1) is 5.69 Å². The molecule has 0 N–H and O–H groups in total. The Bertz CT molecular complexity index is 1510. The molecule has 0 saturated heterocycles. The first kappa shape index (κ1) is 21.9. The summed E-state index contributed by atoms with van der Waals surface area (Å²) >= 11 is 0. The van der Waals surface area contributed by atoms with Crippen molar-refractivity contribution >= 4 is 27.8 Å². The van der Waals surface area contributed by atoms with Gasteiger partial charge in [-0.2, -0.15) is 0 Å². The van der Waals surface area contributed by atoms with Gasteiger partial charge in [0, 0.05) is 16.9 Å². The molecular weight excluding hydrogens is 438 g/mol. The highest BCUT2D eigenvalue weighted by atomic mass is 16.5. The van der Waals surface area contributed by atoms with Crippen molar-refractivity contribution in [2.45, 2.75) is 6.42 Å². The van der Waals surface area contributed by atoms with E-state index in [0.29, 0.717) is 6.61 Å². The van der Waals surface area contributed by atoms with E-state index in [1.54, 1.807) is 0 Å². The van der Waals surface area contributed by atoms with Crippen molar-refractivity contribution in [1.82, 2.24) is 0 Å². The largest absolute Gasteiger partial charge is 0.489 e. The third-order valence-electron chi connectivity index (χ3n) is 6.58. The van der Waals surface area contributed by atoms with Crippen molar-refractivity contribution in [3.05, 3.63) is 145 Å². The molecule has 5 aromatic carbocycles. The van der Waals surface area contributed by atoms with Gasteiger partial charge in [-0.1, -0.05) is 91.0 Å². The van der Waals surface area contributed by atoms with Crippen LogP contribution < -0.4 is 9.64 Å². The molecule has 1 aliphatic heterocycles. The average Bonchev–Trinajstić information content (AvgIpc) is 3.06. The van der Waals surface area contributed by atoms with E-state index in [9.17, 15) is 0 Å². The van der Waals surface area contributed by atoms with E-state index in [-0.39, 0.29) is 0 Å². The van der Waals surface area contributed by atoms with Gasteiger partial charge in [-0.15, -0.1) is 0 Å². The van der Waals surface area contributed by atoms with E-state index in [1.807, 2.05) is 12.2 Å². The Labute approximate surface area is 212 Å². The zero-order chi connectivity index (χ0) is 24.2. The summed E-state index contributed by atoms with van der Waals surface area (Å²) in [6.07, 6.45) is 9.21. The number of fused-ring (bicyclic) bond motifs is 2. The van der Waals surface area contributed by atoms with Gasteiger partial charge in [0.2, 0.25) is 0 Å². The Kier molecular flexibility index (Phi) is 6.08. The second-order valence-corrected chi connectivity index (χ2v) is 8.88. The van der Waals surface area contributed by atoms with E-state index >= 15 is 0 Å². The lowest BCUT2D eigenvalue weighted by Gasteiger charge is -2.29. The maximum atomic E-state index is 6.07. The minimum atomic E-state index is 0.575. The maximum Gasteiger partial charge on any atom is 0.123 e. The van der Waals surface area contributed by atoms with Gasteiger partial charge < -0.3 is 9.64 Å².